The lowest BCUT2D eigenvalue weighted by molar-refractivity contribution is 0.0997. The van der Waals surface area contributed by atoms with Crippen LogP contribution in [0.1, 0.15) is 10.4 Å². The first-order valence-corrected chi connectivity index (χ1v) is 6.71. The highest BCUT2D eigenvalue weighted by Crippen LogP contribution is 2.26. The number of hydrogen-bond acceptors (Lipinski definition) is 3. The zero-order valence-corrected chi connectivity index (χ0v) is 11.3. The summed E-state index contributed by atoms with van der Waals surface area (Å²) in [5.41, 5.74) is 1.28. The van der Waals surface area contributed by atoms with Crippen LogP contribution >= 0.6 is 0 Å². The van der Waals surface area contributed by atoms with Crippen molar-refractivity contribution >= 4 is 24.1 Å². The van der Waals surface area contributed by atoms with Gasteiger partial charge in [-0.25, -0.2) is 9.59 Å². The predicted octanol–water partition coefficient (Wildman–Crippen LogP) is 1.10. The molecule has 1 unspecified atom stereocenters. The number of piperazine rings is 1. The van der Waals surface area contributed by atoms with Crippen LogP contribution in [0.5, 0.6) is 0 Å². The fourth-order valence-corrected chi connectivity index (χ4v) is 2.83. The van der Waals surface area contributed by atoms with E-state index < -0.39 is 6.09 Å². The molecule has 3 amide bonds. The quantitative estimate of drug-likeness (QED) is 0.827. The second kappa shape index (κ2) is 5.08. The number of hydrogen-bond donors (Lipinski definition) is 1. The molecule has 110 valence electrons. The summed E-state index contributed by atoms with van der Waals surface area (Å²) in [7, 11) is 0. The Morgan fingerprint density at radius 3 is 2.52 bits per heavy atom. The SMILES string of the molecule is O=Cc1ccc(N2CC3CN(C(=O)O)CCN3C2=O)cc1. The molecular weight excluding hydrogens is 274 g/mol. The number of anilines is 1. The summed E-state index contributed by atoms with van der Waals surface area (Å²) in [6.07, 6.45) is -0.195. The van der Waals surface area contributed by atoms with Gasteiger partial charge in [0.1, 0.15) is 6.29 Å². The molecule has 2 aliphatic rings. The summed E-state index contributed by atoms with van der Waals surface area (Å²) < 4.78 is 0. The molecule has 2 saturated heterocycles. The molecule has 1 aromatic carbocycles. The maximum atomic E-state index is 12.4. The molecular formula is C14H15N3O4. The highest BCUT2D eigenvalue weighted by molar-refractivity contribution is 5.95. The minimum atomic E-state index is -0.948. The van der Waals surface area contributed by atoms with E-state index in [1.165, 1.54) is 4.90 Å². The number of carboxylic acid groups (broad SMARTS) is 1. The van der Waals surface area contributed by atoms with E-state index in [0.29, 0.717) is 31.7 Å². The van der Waals surface area contributed by atoms with E-state index in [9.17, 15) is 14.4 Å². The zero-order chi connectivity index (χ0) is 15.0. The molecule has 3 rings (SSSR count). The van der Waals surface area contributed by atoms with E-state index in [1.807, 2.05) is 0 Å². The van der Waals surface area contributed by atoms with Gasteiger partial charge in [-0.2, -0.15) is 0 Å². The van der Waals surface area contributed by atoms with E-state index in [-0.39, 0.29) is 12.1 Å². The van der Waals surface area contributed by atoms with Crippen molar-refractivity contribution in [2.75, 3.05) is 31.1 Å². The first-order chi connectivity index (χ1) is 10.1. The smallest absolute Gasteiger partial charge is 0.407 e. The summed E-state index contributed by atoms with van der Waals surface area (Å²) in [5.74, 6) is 0. The number of nitrogens with zero attached hydrogens (tertiary/aromatic N) is 3. The number of rotatable bonds is 2. The first-order valence-electron chi connectivity index (χ1n) is 6.71. The molecule has 0 aliphatic carbocycles. The fourth-order valence-electron chi connectivity index (χ4n) is 2.83. The fraction of sp³-hybridized carbons (Fsp3) is 0.357. The van der Waals surface area contributed by atoms with Gasteiger partial charge in [-0.3, -0.25) is 9.69 Å². The van der Waals surface area contributed by atoms with Gasteiger partial charge in [0, 0.05) is 37.4 Å². The Morgan fingerprint density at radius 2 is 1.90 bits per heavy atom. The van der Waals surface area contributed by atoms with Gasteiger partial charge in [-0.05, 0) is 24.3 Å². The molecule has 0 radical (unpaired) electrons. The minimum Gasteiger partial charge on any atom is -0.465 e. The molecule has 21 heavy (non-hydrogen) atoms. The van der Waals surface area contributed by atoms with Crippen LogP contribution in [0.2, 0.25) is 0 Å². The summed E-state index contributed by atoms with van der Waals surface area (Å²) in [6.45, 7) is 1.56. The van der Waals surface area contributed by atoms with Crippen molar-refractivity contribution in [2.45, 2.75) is 6.04 Å². The monoisotopic (exact) mass is 289 g/mol. The van der Waals surface area contributed by atoms with E-state index in [1.54, 1.807) is 34.1 Å². The van der Waals surface area contributed by atoms with Crippen LogP contribution in [0, 0.1) is 0 Å². The minimum absolute atomic E-state index is 0.108. The van der Waals surface area contributed by atoms with Crippen LogP contribution in [-0.2, 0) is 0 Å². The van der Waals surface area contributed by atoms with E-state index >= 15 is 0 Å². The maximum Gasteiger partial charge on any atom is 0.407 e. The molecule has 7 heteroatoms. The lowest BCUT2D eigenvalue weighted by Gasteiger charge is -2.34. The molecule has 1 atom stereocenters. The zero-order valence-electron chi connectivity index (χ0n) is 11.3. The Hall–Kier alpha value is -2.57. The molecule has 0 spiro atoms. The largest absolute Gasteiger partial charge is 0.465 e. The molecule has 2 fully saturated rings. The van der Waals surface area contributed by atoms with Crippen molar-refractivity contribution in [1.29, 1.82) is 0 Å². The molecule has 1 N–H and O–H groups in total. The van der Waals surface area contributed by atoms with Gasteiger partial charge in [0.05, 0.1) is 6.04 Å². The number of aldehydes is 1. The van der Waals surface area contributed by atoms with Crippen LogP contribution in [-0.4, -0.2) is 65.5 Å². The molecule has 0 aromatic heterocycles. The van der Waals surface area contributed by atoms with E-state index in [0.717, 1.165) is 12.0 Å². The Morgan fingerprint density at radius 1 is 1.19 bits per heavy atom. The number of benzene rings is 1. The van der Waals surface area contributed by atoms with Crippen LogP contribution in [0.15, 0.2) is 24.3 Å². The Bertz CT molecular complexity index is 586. The van der Waals surface area contributed by atoms with Crippen molar-refractivity contribution in [3.8, 4) is 0 Å². The van der Waals surface area contributed by atoms with Crippen LogP contribution in [0.3, 0.4) is 0 Å². The van der Waals surface area contributed by atoms with Gasteiger partial charge in [-0.15, -0.1) is 0 Å². The summed E-state index contributed by atoms with van der Waals surface area (Å²) in [6, 6.07) is 6.56. The molecule has 7 nitrogen and oxygen atoms in total. The van der Waals surface area contributed by atoms with Gasteiger partial charge < -0.3 is 14.9 Å². The van der Waals surface area contributed by atoms with Gasteiger partial charge in [-0.1, -0.05) is 0 Å². The molecule has 2 aliphatic heterocycles. The topological polar surface area (TPSA) is 81.2 Å². The Kier molecular flexibility index (Phi) is 3.25. The normalized spacial score (nSPS) is 21.4. The number of carbonyl (C=O) groups is 3. The lowest BCUT2D eigenvalue weighted by Crippen LogP contribution is -2.53. The Balaban J connectivity index is 1.78. The average Bonchev–Trinajstić information content (AvgIpc) is 2.84. The highest BCUT2D eigenvalue weighted by atomic mass is 16.4. The molecule has 0 saturated carbocycles. The van der Waals surface area contributed by atoms with Gasteiger partial charge in [0.15, 0.2) is 0 Å². The predicted molar refractivity (Wildman–Crippen MR) is 74.7 cm³/mol. The van der Waals surface area contributed by atoms with E-state index in [2.05, 4.69) is 0 Å². The van der Waals surface area contributed by atoms with Crippen LogP contribution in [0.4, 0.5) is 15.3 Å². The number of carbonyl (C=O) groups excluding carboxylic acids is 2. The van der Waals surface area contributed by atoms with Crippen molar-refractivity contribution in [3.63, 3.8) is 0 Å². The van der Waals surface area contributed by atoms with Crippen molar-refractivity contribution in [2.24, 2.45) is 0 Å². The number of fused-ring (bicyclic) bond motifs is 1. The first kappa shape index (κ1) is 13.4. The number of amides is 3. The highest BCUT2D eigenvalue weighted by Gasteiger charge is 2.42. The summed E-state index contributed by atoms with van der Waals surface area (Å²) in [5, 5.41) is 9.04. The van der Waals surface area contributed by atoms with Crippen molar-refractivity contribution < 1.29 is 19.5 Å². The molecule has 2 heterocycles. The Labute approximate surface area is 121 Å². The molecule has 0 bridgehead atoms. The van der Waals surface area contributed by atoms with Gasteiger partial charge in [0.25, 0.3) is 0 Å². The molecule has 1 aromatic rings. The van der Waals surface area contributed by atoms with Gasteiger partial charge in [0.2, 0.25) is 0 Å². The van der Waals surface area contributed by atoms with Crippen LogP contribution in [0.25, 0.3) is 0 Å². The maximum absolute atomic E-state index is 12.4. The number of urea groups is 1. The third kappa shape index (κ3) is 2.31. The lowest BCUT2D eigenvalue weighted by atomic mass is 10.2. The third-order valence-corrected chi connectivity index (χ3v) is 3.96. The second-order valence-corrected chi connectivity index (χ2v) is 5.18. The summed E-state index contributed by atoms with van der Waals surface area (Å²) in [4.78, 5) is 38.8. The van der Waals surface area contributed by atoms with E-state index in [4.69, 9.17) is 5.11 Å². The third-order valence-electron chi connectivity index (χ3n) is 3.96. The standard InChI is InChI=1S/C14H15N3O4/c18-9-10-1-3-11(4-2-10)17-8-12-7-15(14(20)21)5-6-16(12)13(17)19/h1-4,9,12H,5-8H2,(H,20,21). The summed E-state index contributed by atoms with van der Waals surface area (Å²) >= 11 is 0. The average molecular weight is 289 g/mol. The van der Waals surface area contributed by atoms with Crippen molar-refractivity contribution in [3.05, 3.63) is 29.8 Å². The van der Waals surface area contributed by atoms with Gasteiger partial charge >= 0.3 is 12.1 Å². The second-order valence-electron chi connectivity index (χ2n) is 5.18. The van der Waals surface area contributed by atoms with Crippen molar-refractivity contribution in [1.82, 2.24) is 9.80 Å². The van der Waals surface area contributed by atoms with Crippen LogP contribution < -0.4 is 4.90 Å².